The molecule has 0 bridgehead atoms. The van der Waals surface area contributed by atoms with Gasteiger partial charge in [0.25, 0.3) is 0 Å². The third kappa shape index (κ3) is 3.44. The number of hydrogen-bond acceptors (Lipinski definition) is 6. The summed E-state index contributed by atoms with van der Waals surface area (Å²) in [4.78, 5) is 11.6. The van der Waals surface area contributed by atoms with E-state index in [4.69, 9.17) is 10.2 Å². The number of nitrogens with one attached hydrogen (secondary N) is 1. The third-order valence-corrected chi connectivity index (χ3v) is 3.21. The summed E-state index contributed by atoms with van der Waals surface area (Å²) < 4.78 is 5.32. The van der Waals surface area contributed by atoms with Gasteiger partial charge in [0, 0.05) is 5.92 Å². The highest BCUT2D eigenvalue weighted by atomic mass is 32.2. The molecule has 3 N–H and O–H groups in total. The predicted octanol–water partition coefficient (Wildman–Crippen LogP) is 0.966. The van der Waals surface area contributed by atoms with Gasteiger partial charge in [0.2, 0.25) is 11.8 Å². The molecule has 6 nitrogen and oxygen atoms in total. The van der Waals surface area contributed by atoms with Gasteiger partial charge in [0.15, 0.2) is 0 Å². The monoisotopic (exact) mass is 256 g/mol. The van der Waals surface area contributed by atoms with Crippen molar-refractivity contribution in [3.05, 3.63) is 5.89 Å². The number of carbonyl (C=O) groups is 1. The van der Waals surface area contributed by atoms with Crippen LogP contribution in [0, 0.1) is 0 Å². The van der Waals surface area contributed by atoms with Gasteiger partial charge in [-0.15, -0.1) is 5.10 Å². The van der Waals surface area contributed by atoms with Gasteiger partial charge in [-0.05, 0) is 31.3 Å². The summed E-state index contributed by atoms with van der Waals surface area (Å²) in [5.74, 6) is 1.58. The molecular weight excluding hydrogens is 240 g/mol. The molecule has 0 radical (unpaired) electrons. The van der Waals surface area contributed by atoms with Gasteiger partial charge in [0.05, 0.1) is 6.04 Å². The molecule has 0 aromatic carbocycles. The van der Waals surface area contributed by atoms with E-state index >= 15 is 0 Å². The minimum Gasteiger partial charge on any atom is -0.408 e. The van der Waals surface area contributed by atoms with Crippen LogP contribution in [-0.2, 0) is 4.79 Å². The minimum absolute atomic E-state index is 0.150. The van der Waals surface area contributed by atoms with Crippen molar-refractivity contribution in [1.29, 1.82) is 0 Å². The summed E-state index contributed by atoms with van der Waals surface area (Å²) in [7, 11) is 0. The summed E-state index contributed by atoms with van der Waals surface area (Å²) in [6.45, 7) is 0. The fourth-order valence-electron chi connectivity index (χ4n) is 1.35. The smallest absolute Gasteiger partial charge is 0.322 e. The molecule has 0 unspecified atom stereocenters. The zero-order valence-corrected chi connectivity index (χ0v) is 10.5. The number of hydrogen-bond donors (Lipinski definition) is 2. The van der Waals surface area contributed by atoms with Crippen LogP contribution in [0.5, 0.6) is 0 Å². The molecule has 1 aromatic rings. The Labute approximate surface area is 104 Å². The number of carbonyl (C=O) groups excluding carboxylic acids is 1. The lowest BCUT2D eigenvalue weighted by Gasteiger charge is -2.08. The fourth-order valence-corrected chi connectivity index (χ4v) is 1.84. The number of thioether (sulfide) groups is 1. The van der Waals surface area contributed by atoms with E-state index in [0.717, 1.165) is 18.6 Å². The number of amides is 1. The fraction of sp³-hybridized carbons (Fsp3) is 0.700. The van der Waals surface area contributed by atoms with E-state index in [1.165, 1.54) is 0 Å². The number of nitrogens with two attached hydrogens (primary N) is 1. The van der Waals surface area contributed by atoms with Crippen LogP contribution in [0.15, 0.2) is 4.42 Å². The molecule has 1 atom stereocenters. The lowest BCUT2D eigenvalue weighted by Crippen LogP contribution is -2.36. The van der Waals surface area contributed by atoms with E-state index in [1.54, 1.807) is 11.8 Å². The number of aromatic nitrogens is 2. The maximum Gasteiger partial charge on any atom is 0.322 e. The molecule has 17 heavy (non-hydrogen) atoms. The maximum atomic E-state index is 11.6. The number of nitrogens with zero attached hydrogens (tertiary/aromatic N) is 2. The maximum absolute atomic E-state index is 11.6. The van der Waals surface area contributed by atoms with Crippen molar-refractivity contribution in [1.82, 2.24) is 10.2 Å². The first-order valence-corrected chi connectivity index (χ1v) is 6.99. The second-order valence-corrected chi connectivity index (χ2v) is 5.08. The summed E-state index contributed by atoms with van der Waals surface area (Å²) in [6.07, 6.45) is 4.78. The van der Waals surface area contributed by atoms with Crippen molar-refractivity contribution in [3.8, 4) is 0 Å². The van der Waals surface area contributed by atoms with Crippen LogP contribution < -0.4 is 11.1 Å². The molecule has 0 saturated heterocycles. The van der Waals surface area contributed by atoms with Gasteiger partial charge in [-0.25, -0.2) is 0 Å². The van der Waals surface area contributed by atoms with Gasteiger partial charge < -0.3 is 10.2 Å². The quantitative estimate of drug-likeness (QED) is 0.787. The van der Waals surface area contributed by atoms with Gasteiger partial charge in [0.1, 0.15) is 0 Å². The van der Waals surface area contributed by atoms with Gasteiger partial charge in [-0.1, -0.05) is 5.10 Å². The van der Waals surface area contributed by atoms with Crippen LogP contribution >= 0.6 is 11.8 Å². The van der Waals surface area contributed by atoms with Crippen molar-refractivity contribution in [2.45, 2.75) is 31.2 Å². The van der Waals surface area contributed by atoms with Gasteiger partial charge in [-0.2, -0.15) is 11.8 Å². The standard InChI is InChI=1S/C10H16N4O2S/c1-17-5-4-7(11)8(15)12-10-14-13-9(16-10)6-2-3-6/h6-7H,2-5,11H2,1H3,(H,12,14,15)/t7-/m1/s1. The second kappa shape index (κ2) is 5.50. The molecule has 0 aliphatic heterocycles. The Bertz CT molecular complexity index is 391. The first-order valence-electron chi connectivity index (χ1n) is 5.59. The number of anilines is 1. The van der Waals surface area contributed by atoms with Gasteiger partial charge in [-0.3, -0.25) is 10.1 Å². The predicted molar refractivity (Wildman–Crippen MR) is 65.9 cm³/mol. The lowest BCUT2D eigenvalue weighted by molar-refractivity contribution is -0.117. The number of rotatable bonds is 6. The molecule has 2 rings (SSSR count). The lowest BCUT2D eigenvalue weighted by atomic mass is 10.2. The third-order valence-electron chi connectivity index (χ3n) is 2.57. The van der Waals surface area contributed by atoms with E-state index in [1.807, 2.05) is 6.26 Å². The Morgan fingerprint density at radius 3 is 3.06 bits per heavy atom. The van der Waals surface area contributed by atoms with Crippen LogP contribution in [0.1, 0.15) is 31.1 Å². The molecule has 1 saturated carbocycles. The van der Waals surface area contributed by atoms with Crippen molar-refractivity contribution < 1.29 is 9.21 Å². The Morgan fingerprint density at radius 1 is 1.65 bits per heavy atom. The van der Waals surface area contributed by atoms with Crippen LogP contribution in [0.2, 0.25) is 0 Å². The topological polar surface area (TPSA) is 94.0 Å². The van der Waals surface area contributed by atoms with E-state index < -0.39 is 6.04 Å². The highest BCUT2D eigenvalue weighted by molar-refractivity contribution is 7.98. The largest absolute Gasteiger partial charge is 0.408 e. The van der Waals surface area contributed by atoms with Crippen LogP contribution in [-0.4, -0.2) is 34.2 Å². The SMILES string of the molecule is CSCC[C@@H](N)C(=O)Nc1nnc(C2CC2)o1. The molecule has 1 aliphatic rings. The molecule has 1 aliphatic carbocycles. The summed E-state index contributed by atoms with van der Waals surface area (Å²) in [5, 5.41) is 10.2. The van der Waals surface area contributed by atoms with Crippen molar-refractivity contribution in [2.75, 3.05) is 17.3 Å². The van der Waals surface area contributed by atoms with Crippen LogP contribution in [0.25, 0.3) is 0 Å². The van der Waals surface area contributed by atoms with Crippen LogP contribution in [0.3, 0.4) is 0 Å². The van der Waals surface area contributed by atoms with Crippen molar-refractivity contribution in [3.63, 3.8) is 0 Å². The first kappa shape index (κ1) is 12.4. The first-order chi connectivity index (χ1) is 8.20. The normalized spacial score (nSPS) is 16.8. The summed E-state index contributed by atoms with van der Waals surface area (Å²) >= 11 is 1.66. The van der Waals surface area contributed by atoms with Crippen molar-refractivity contribution in [2.24, 2.45) is 5.73 Å². The molecule has 1 fully saturated rings. The van der Waals surface area contributed by atoms with E-state index in [2.05, 4.69) is 15.5 Å². The Morgan fingerprint density at radius 2 is 2.41 bits per heavy atom. The van der Waals surface area contributed by atoms with E-state index in [9.17, 15) is 4.79 Å². The molecule has 0 spiro atoms. The Kier molecular flexibility index (Phi) is 4.01. The highest BCUT2D eigenvalue weighted by Gasteiger charge is 2.29. The molecule has 7 heteroatoms. The molecule has 1 amide bonds. The zero-order valence-electron chi connectivity index (χ0n) is 9.68. The molecule has 1 heterocycles. The Balaban J connectivity index is 1.83. The molecule has 1 aromatic heterocycles. The summed E-state index contributed by atoms with van der Waals surface area (Å²) in [6, 6.07) is -0.379. The highest BCUT2D eigenvalue weighted by Crippen LogP contribution is 2.39. The average molecular weight is 256 g/mol. The summed E-state index contributed by atoms with van der Waals surface area (Å²) in [5.41, 5.74) is 5.71. The molecular formula is C10H16N4O2S. The molecule has 94 valence electrons. The minimum atomic E-state index is -0.529. The van der Waals surface area contributed by atoms with E-state index in [-0.39, 0.29) is 11.9 Å². The van der Waals surface area contributed by atoms with E-state index in [0.29, 0.717) is 18.2 Å². The second-order valence-electron chi connectivity index (χ2n) is 4.10. The Hall–Kier alpha value is -1.08. The zero-order chi connectivity index (χ0) is 12.3. The van der Waals surface area contributed by atoms with Crippen molar-refractivity contribution >= 4 is 23.7 Å². The van der Waals surface area contributed by atoms with Gasteiger partial charge >= 0.3 is 6.01 Å². The van der Waals surface area contributed by atoms with Crippen LogP contribution in [0.4, 0.5) is 6.01 Å². The average Bonchev–Trinajstić information content (AvgIpc) is 3.07.